The smallest absolute Gasteiger partial charge is 0.337 e. The molecule has 0 spiro atoms. The molecule has 0 saturated carbocycles. The van der Waals surface area contributed by atoms with Crippen molar-refractivity contribution in [3.8, 4) is 11.5 Å². The number of amides is 2. The average Bonchev–Trinajstić information content (AvgIpc) is 3.08. The summed E-state index contributed by atoms with van der Waals surface area (Å²) in [5.41, 5.74) is 4.26. The lowest BCUT2D eigenvalue weighted by molar-refractivity contribution is 0.184. The maximum absolute atomic E-state index is 15.3. The van der Waals surface area contributed by atoms with E-state index in [1.807, 2.05) is 45.0 Å². The predicted molar refractivity (Wildman–Crippen MR) is 130 cm³/mol. The second kappa shape index (κ2) is 9.65. The van der Waals surface area contributed by atoms with E-state index in [9.17, 15) is 4.79 Å². The van der Waals surface area contributed by atoms with Gasteiger partial charge in [0.25, 0.3) is 0 Å². The minimum atomic E-state index is -0.451. The van der Waals surface area contributed by atoms with Gasteiger partial charge in [-0.2, -0.15) is 5.10 Å². The number of urea groups is 1. The lowest BCUT2D eigenvalue weighted by atomic mass is 9.92. The Kier molecular flexibility index (Phi) is 6.63. The van der Waals surface area contributed by atoms with Gasteiger partial charge in [0, 0.05) is 29.9 Å². The molecule has 3 aromatic rings. The van der Waals surface area contributed by atoms with Crippen LogP contribution < -0.4 is 20.1 Å². The number of rotatable bonds is 5. The molecule has 9 nitrogen and oxygen atoms in total. The molecule has 2 heterocycles. The third-order valence-corrected chi connectivity index (χ3v) is 5.97. The summed E-state index contributed by atoms with van der Waals surface area (Å²) in [6.45, 7) is 5.50. The number of hydrogen-bond donors (Lipinski definition) is 2. The molecule has 0 aliphatic carbocycles. The number of aryl methyl sites for hydroxylation is 2. The first-order valence-corrected chi connectivity index (χ1v) is 11.1. The number of nitrogens with zero attached hydrogens (tertiary/aromatic N) is 3. The van der Waals surface area contributed by atoms with Gasteiger partial charge in [-0.15, -0.1) is 0 Å². The number of nitrogens with one attached hydrogen (secondary N) is 2. The van der Waals surface area contributed by atoms with Crippen LogP contribution in [0.2, 0.25) is 0 Å². The molecule has 2 aromatic carbocycles. The molecule has 1 aromatic heterocycles. The fourth-order valence-corrected chi connectivity index (χ4v) is 4.17. The Morgan fingerprint density at radius 2 is 1.91 bits per heavy atom. The number of hydrogen-bond acceptors (Lipinski definition) is 7. The van der Waals surface area contributed by atoms with Crippen LogP contribution in [0.15, 0.2) is 40.0 Å². The first-order valence-electron chi connectivity index (χ1n) is 11.1. The number of aromatic nitrogens is 1. The van der Waals surface area contributed by atoms with Crippen molar-refractivity contribution in [2.45, 2.75) is 33.2 Å². The second-order valence-corrected chi connectivity index (χ2v) is 8.25. The highest BCUT2D eigenvalue weighted by molar-refractivity contribution is 6.16. The molecule has 35 heavy (non-hydrogen) atoms. The van der Waals surface area contributed by atoms with Gasteiger partial charge in [-0.1, -0.05) is 17.3 Å². The highest BCUT2D eigenvalue weighted by Crippen LogP contribution is 2.39. The minimum Gasteiger partial charge on any atom is -0.493 e. The van der Waals surface area contributed by atoms with E-state index in [1.165, 1.54) is 32.3 Å². The SMILES string of the molecule is CNC(=O)N1N=C(c2ccc(Nc3c(C)noc3C)cc2)c2c(c(F)cc(OC)c2OC)CC1C. The van der Waals surface area contributed by atoms with E-state index in [-0.39, 0.29) is 12.2 Å². The normalized spacial score (nSPS) is 15.1. The Labute approximate surface area is 202 Å². The van der Waals surface area contributed by atoms with Gasteiger partial charge in [-0.3, -0.25) is 0 Å². The third kappa shape index (κ3) is 4.39. The van der Waals surface area contributed by atoms with Gasteiger partial charge in [-0.05, 0) is 39.3 Å². The van der Waals surface area contributed by atoms with Crippen molar-refractivity contribution in [2.24, 2.45) is 5.10 Å². The standard InChI is InChI=1S/C25H28FN5O4/c1-13-11-18-19(26)12-20(33-5)24(34-6)21(18)23(29-31(13)25(32)27-4)16-7-9-17(10-8-16)28-22-14(2)30-35-15(22)3/h7-10,12-13,28H,11H2,1-6H3,(H,27,32). The van der Waals surface area contributed by atoms with Crippen LogP contribution in [0.3, 0.4) is 0 Å². The Morgan fingerprint density at radius 1 is 1.20 bits per heavy atom. The Hall–Kier alpha value is -4.08. The van der Waals surface area contributed by atoms with Crippen LogP contribution in [0.4, 0.5) is 20.6 Å². The summed E-state index contributed by atoms with van der Waals surface area (Å²) in [6.07, 6.45) is 0.244. The number of halogens is 1. The van der Waals surface area contributed by atoms with E-state index in [2.05, 4.69) is 20.9 Å². The fraction of sp³-hybridized carbons (Fsp3) is 0.320. The lowest BCUT2D eigenvalue weighted by Gasteiger charge is -2.22. The second-order valence-electron chi connectivity index (χ2n) is 8.25. The van der Waals surface area contributed by atoms with Crippen molar-refractivity contribution < 1.29 is 23.2 Å². The number of carbonyl (C=O) groups is 1. The number of hydrazone groups is 1. The largest absolute Gasteiger partial charge is 0.493 e. The van der Waals surface area contributed by atoms with Crippen LogP contribution in [0.5, 0.6) is 11.5 Å². The van der Waals surface area contributed by atoms with Crippen molar-refractivity contribution in [3.63, 3.8) is 0 Å². The third-order valence-electron chi connectivity index (χ3n) is 5.97. The minimum absolute atomic E-state index is 0.244. The summed E-state index contributed by atoms with van der Waals surface area (Å²) in [5, 5.41) is 15.9. The molecule has 2 amide bonds. The summed E-state index contributed by atoms with van der Waals surface area (Å²) < 4.78 is 31.6. The summed E-state index contributed by atoms with van der Waals surface area (Å²) in [7, 11) is 4.47. The van der Waals surface area contributed by atoms with Gasteiger partial charge in [0.15, 0.2) is 17.3 Å². The summed E-state index contributed by atoms with van der Waals surface area (Å²) in [4.78, 5) is 12.6. The molecule has 4 rings (SSSR count). The van der Waals surface area contributed by atoms with Crippen LogP contribution in [-0.4, -0.2) is 49.2 Å². The number of benzene rings is 2. The molecule has 1 aliphatic rings. The van der Waals surface area contributed by atoms with E-state index in [0.29, 0.717) is 33.9 Å². The lowest BCUT2D eigenvalue weighted by Crippen LogP contribution is -2.41. The van der Waals surface area contributed by atoms with E-state index in [4.69, 9.17) is 14.0 Å². The fourth-order valence-electron chi connectivity index (χ4n) is 4.17. The molecule has 10 heteroatoms. The summed E-state index contributed by atoms with van der Waals surface area (Å²) in [6, 6.07) is 7.92. The first-order chi connectivity index (χ1) is 16.8. The molecule has 1 aliphatic heterocycles. The first kappa shape index (κ1) is 24.1. The van der Waals surface area contributed by atoms with E-state index >= 15 is 4.39 Å². The van der Waals surface area contributed by atoms with Crippen molar-refractivity contribution in [2.75, 3.05) is 26.6 Å². The van der Waals surface area contributed by atoms with Crippen molar-refractivity contribution in [3.05, 3.63) is 64.3 Å². The maximum Gasteiger partial charge on any atom is 0.337 e. The van der Waals surface area contributed by atoms with Gasteiger partial charge in [0.2, 0.25) is 0 Å². The molecule has 0 saturated heterocycles. The van der Waals surface area contributed by atoms with Crippen molar-refractivity contribution in [1.82, 2.24) is 15.5 Å². The van der Waals surface area contributed by atoms with Crippen LogP contribution in [-0.2, 0) is 6.42 Å². The van der Waals surface area contributed by atoms with Gasteiger partial charge < -0.3 is 24.6 Å². The molecule has 0 radical (unpaired) electrons. The quantitative estimate of drug-likeness (QED) is 0.555. The van der Waals surface area contributed by atoms with Gasteiger partial charge in [-0.25, -0.2) is 14.2 Å². The Bertz CT molecular complexity index is 1270. The zero-order chi connectivity index (χ0) is 25.3. The molecular formula is C25H28FN5O4. The molecular weight excluding hydrogens is 453 g/mol. The Balaban J connectivity index is 1.86. The number of carbonyl (C=O) groups excluding carboxylic acids is 1. The van der Waals surface area contributed by atoms with E-state index in [0.717, 1.165) is 17.1 Å². The highest BCUT2D eigenvalue weighted by Gasteiger charge is 2.32. The van der Waals surface area contributed by atoms with Crippen molar-refractivity contribution >= 4 is 23.1 Å². The zero-order valence-corrected chi connectivity index (χ0v) is 20.5. The number of fused-ring (bicyclic) bond motifs is 1. The van der Waals surface area contributed by atoms with Crippen LogP contribution >= 0.6 is 0 Å². The monoisotopic (exact) mass is 481 g/mol. The Morgan fingerprint density at radius 3 is 2.49 bits per heavy atom. The van der Waals surface area contributed by atoms with Crippen molar-refractivity contribution in [1.29, 1.82) is 0 Å². The number of anilines is 2. The molecule has 0 fully saturated rings. The summed E-state index contributed by atoms with van der Waals surface area (Å²) in [5.74, 6) is 0.824. The van der Waals surface area contributed by atoms with Crippen LogP contribution in [0.1, 0.15) is 35.1 Å². The van der Waals surface area contributed by atoms with Gasteiger partial charge in [0.05, 0.1) is 25.8 Å². The van der Waals surface area contributed by atoms with Gasteiger partial charge >= 0.3 is 6.03 Å². The highest BCUT2D eigenvalue weighted by atomic mass is 19.1. The topological polar surface area (TPSA) is 101 Å². The molecule has 0 bridgehead atoms. The maximum atomic E-state index is 15.3. The predicted octanol–water partition coefficient (Wildman–Crippen LogP) is 4.53. The number of ether oxygens (including phenoxy) is 2. The molecule has 184 valence electrons. The molecule has 2 N–H and O–H groups in total. The molecule has 1 unspecified atom stereocenters. The average molecular weight is 482 g/mol. The van der Waals surface area contributed by atoms with Crippen LogP contribution in [0.25, 0.3) is 0 Å². The zero-order valence-electron chi connectivity index (χ0n) is 20.5. The number of methoxy groups -OCH3 is 2. The molecule has 1 atom stereocenters. The van der Waals surface area contributed by atoms with Crippen LogP contribution in [0, 0.1) is 19.7 Å². The van der Waals surface area contributed by atoms with Gasteiger partial charge in [0.1, 0.15) is 22.9 Å². The summed E-state index contributed by atoms with van der Waals surface area (Å²) >= 11 is 0. The van der Waals surface area contributed by atoms with E-state index < -0.39 is 17.9 Å². The van der Waals surface area contributed by atoms with E-state index in [1.54, 1.807) is 0 Å².